The largest absolute Gasteiger partial charge is 0.496 e. The van der Waals surface area contributed by atoms with E-state index in [1.54, 1.807) is 13.2 Å². The summed E-state index contributed by atoms with van der Waals surface area (Å²) in [4.78, 5) is 23.4. The fraction of sp³-hybridized carbons (Fsp3) is 0.333. The van der Waals surface area contributed by atoms with Gasteiger partial charge in [0.2, 0.25) is 5.91 Å². The molecule has 0 aliphatic carbocycles. The van der Waals surface area contributed by atoms with Crippen LogP contribution in [0.1, 0.15) is 23.1 Å². The summed E-state index contributed by atoms with van der Waals surface area (Å²) in [6, 6.07) is 11.4. The molecule has 2 aromatic rings. The van der Waals surface area contributed by atoms with E-state index in [-0.39, 0.29) is 18.4 Å². The van der Waals surface area contributed by atoms with Gasteiger partial charge in [-0.2, -0.15) is 0 Å². The van der Waals surface area contributed by atoms with Crippen LogP contribution in [-0.4, -0.2) is 32.1 Å². The zero-order valence-electron chi connectivity index (χ0n) is 15.6. The van der Waals surface area contributed by atoms with E-state index in [2.05, 4.69) is 16.7 Å². The fourth-order valence-electron chi connectivity index (χ4n) is 3.09. The molecule has 2 N–H and O–H groups in total. The second-order valence-electron chi connectivity index (χ2n) is 6.57. The summed E-state index contributed by atoms with van der Waals surface area (Å²) >= 11 is 0. The first-order valence-corrected chi connectivity index (χ1v) is 9.01. The van der Waals surface area contributed by atoms with Crippen LogP contribution in [0.25, 0.3) is 0 Å². The minimum atomic E-state index is -0.173. The Hall–Kier alpha value is -3.02. The Kier molecular flexibility index (Phi) is 5.96. The predicted octanol–water partition coefficient (Wildman–Crippen LogP) is 2.63. The van der Waals surface area contributed by atoms with Crippen LogP contribution < -0.4 is 20.1 Å². The molecule has 0 atom stereocenters. The SMILES string of the molecule is COc1ccc(C)cc1CCNC(=O)COc1ccc2c(c1)CCC(=O)N2. The van der Waals surface area contributed by atoms with Crippen LogP contribution in [0.3, 0.4) is 0 Å². The molecule has 0 aromatic heterocycles. The van der Waals surface area contributed by atoms with Crippen molar-refractivity contribution in [1.29, 1.82) is 0 Å². The third kappa shape index (κ3) is 5.00. The Morgan fingerprint density at radius 2 is 2.04 bits per heavy atom. The molecule has 0 radical (unpaired) electrons. The summed E-state index contributed by atoms with van der Waals surface area (Å²) < 4.78 is 10.9. The molecule has 0 saturated heterocycles. The van der Waals surface area contributed by atoms with Crippen LogP contribution in [-0.2, 0) is 22.4 Å². The Morgan fingerprint density at radius 1 is 1.19 bits per heavy atom. The molecule has 0 unspecified atom stereocenters. The molecule has 1 aliphatic rings. The van der Waals surface area contributed by atoms with Crippen molar-refractivity contribution >= 4 is 17.5 Å². The lowest BCUT2D eigenvalue weighted by atomic mass is 10.0. The van der Waals surface area contributed by atoms with Crippen molar-refractivity contribution in [1.82, 2.24) is 5.32 Å². The van der Waals surface area contributed by atoms with Gasteiger partial charge in [-0.05, 0) is 55.2 Å². The van der Waals surface area contributed by atoms with Gasteiger partial charge in [-0.3, -0.25) is 9.59 Å². The number of anilines is 1. The van der Waals surface area contributed by atoms with Crippen molar-refractivity contribution in [2.24, 2.45) is 0 Å². The maximum atomic E-state index is 12.0. The second-order valence-corrected chi connectivity index (χ2v) is 6.57. The third-order valence-corrected chi connectivity index (χ3v) is 4.49. The molecule has 3 rings (SSSR count). The lowest BCUT2D eigenvalue weighted by Crippen LogP contribution is -2.30. The standard InChI is InChI=1S/C21H24N2O4/c1-14-3-7-19(26-2)16(11-14)9-10-22-21(25)13-27-17-5-6-18-15(12-17)4-8-20(24)23-18/h3,5-7,11-12H,4,8-10,13H2,1-2H3,(H,22,25)(H,23,24). The van der Waals surface area contributed by atoms with Crippen molar-refractivity contribution in [3.8, 4) is 11.5 Å². The molecule has 0 spiro atoms. The summed E-state index contributed by atoms with van der Waals surface area (Å²) in [5.41, 5.74) is 4.06. The van der Waals surface area contributed by atoms with E-state index in [4.69, 9.17) is 9.47 Å². The molecule has 1 aliphatic heterocycles. The third-order valence-electron chi connectivity index (χ3n) is 4.49. The van der Waals surface area contributed by atoms with Gasteiger partial charge in [-0.1, -0.05) is 17.7 Å². The number of carbonyl (C=O) groups excluding carboxylic acids is 2. The number of hydrogen-bond acceptors (Lipinski definition) is 4. The molecule has 1 heterocycles. The summed E-state index contributed by atoms with van der Waals surface area (Å²) in [6.45, 7) is 2.49. The first kappa shape index (κ1) is 18.8. The number of rotatable bonds is 7. The van der Waals surface area contributed by atoms with E-state index in [1.807, 2.05) is 31.2 Å². The molecule has 6 nitrogen and oxygen atoms in total. The van der Waals surface area contributed by atoms with Crippen molar-refractivity contribution in [2.75, 3.05) is 25.6 Å². The molecule has 0 bridgehead atoms. The number of fused-ring (bicyclic) bond motifs is 1. The zero-order chi connectivity index (χ0) is 19.2. The highest BCUT2D eigenvalue weighted by atomic mass is 16.5. The van der Waals surface area contributed by atoms with Gasteiger partial charge in [0, 0.05) is 18.7 Å². The van der Waals surface area contributed by atoms with Crippen LogP contribution in [0.5, 0.6) is 11.5 Å². The number of amides is 2. The molecule has 27 heavy (non-hydrogen) atoms. The highest BCUT2D eigenvalue weighted by Gasteiger charge is 2.15. The van der Waals surface area contributed by atoms with Crippen LogP contribution >= 0.6 is 0 Å². The Bertz CT molecular complexity index is 848. The predicted molar refractivity (Wildman–Crippen MR) is 103 cm³/mol. The van der Waals surface area contributed by atoms with Gasteiger partial charge in [0.1, 0.15) is 11.5 Å². The maximum absolute atomic E-state index is 12.0. The maximum Gasteiger partial charge on any atom is 0.257 e. The van der Waals surface area contributed by atoms with Crippen LogP contribution in [0.2, 0.25) is 0 Å². The fourth-order valence-corrected chi connectivity index (χ4v) is 3.09. The number of benzene rings is 2. The summed E-state index contributed by atoms with van der Waals surface area (Å²) in [7, 11) is 1.64. The van der Waals surface area contributed by atoms with Crippen LogP contribution in [0.15, 0.2) is 36.4 Å². The average Bonchev–Trinajstić information content (AvgIpc) is 2.66. The number of ether oxygens (including phenoxy) is 2. The van der Waals surface area contributed by atoms with Gasteiger partial charge in [0.25, 0.3) is 5.91 Å². The van der Waals surface area contributed by atoms with E-state index < -0.39 is 0 Å². The number of aryl methyl sites for hydroxylation is 2. The van der Waals surface area contributed by atoms with Crippen molar-refractivity contribution in [2.45, 2.75) is 26.2 Å². The molecular weight excluding hydrogens is 344 g/mol. The first-order chi connectivity index (χ1) is 13.0. The molecule has 6 heteroatoms. The molecule has 2 amide bonds. The number of nitrogens with one attached hydrogen (secondary N) is 2. The smallest absolute Gasteiger partial charge is 0.257 e. The Morgan fingerprint density at radius 3 is 2.85 bits per heavy atom. The molecule has 2 aromatic carbocycles. The molecule has 0 fully saturated rings. The highest BCUT2D eigenvalue weighted by molar-refractivity contribution is 5.94. The lowest BCUT2D eigenvalue weighted by Gasteiger charge is -2.17. The van der Waals surface area contributed by atoms with Crippen LogP contribution in [0, 0.1) is 6.92 Å². The van der Waals surface area contributed by atoms with Crippen molar-refractivity contribution in [3.63, 3.8) is 0 Å². The van der Waals surface area contributed by atoms with E-state index in [9.17, 15) is 9.59 Å². The number of hydrogen-bond donors (Lipinski definition) is 2. The van der Waals surface area contributed by atoms with Crippen molar-refractivity contribution in [3.05, 3.63) is 53.1 Å². The Balaban J connectivity index is 1.46. The van der Waals surface area contributed by atoms with E-state index in [0.717, 1.165) is 28.1 Å². The summed E-state index contributed by atoms with van der Waals surface area (Å²) in [6.07, 6.45) is 1.84. The van der Waals surface area contributed by atoms with E-state index >= 15 is 0 Å². The topological polar surface area (TPSA) is 76.7 Å². The molecule has 0 saturated carbocycles. The summed E-state index contributed by atoms with van der Waals surface area (Å²) in [5.74, 6) is 1.31. The van der Waals surface area contributed by atoms with Gasteiger partial charge >= 0.3 is 0 Å². The zero-order valence-corrected chi connectivity index (χ0v) is 15.6. The first-order valence-electron chi connectivity index (χ1n) is 9.01. The molecular formula is C21H24N2O4. The van der Waals surface area contributed by atoms with Gasteiger partial charge < -0.3 is 20.1 Å². The molecule has 142 valence electrons. The quantitative estimate of drug-likeness (QED) is 0.788. The van der Waals surface area contributed by atoms with E-state index in [1.165, 1.54) is 0 Å². The van der Waals surface area contributed by atoms with Gasteiger partial charge in [-0.15, -0.1) is 0 Å². The minimum Gasteiger partial charge on any atom is -0.496 e. The average molecular weight is 368 g/mol. The lowest BCUT2D eigenvalue weighted by molar-refractivity contribution is -0.123. The summed E-state index contributed by atoms with van der Waals surface area (Å²) in [5, 5.41) is 5.69. The monoisotopic (exact) mass is 368 g/mol. The van der Waals surface area contributed by atoms with Gasteiger partial charge in [-0.25, -0.2) is 0 Å². The number of carbonyl (C=O) groups is 2. The number of methoxy groups -OCH3 is 1. The normalized spacial score (nSPS) is 12.7. The van der Waals surface area contributed by atoms with Crippen LogP contribution in [0.4, 0.5) is 5.69 Å². The van der Waals surface area contributed by atoms with Gasteiger partial charge in [0.05, 0.1) is 7.11 Å². The van der Waals surface area contributed by atoms with Crippen molar-refractivity contribution < 1.29 is 19.1 Å². The Labute approximate surface area is 158 Å². The second kappa shape index (κ2) is 8.58. The van der Waals surface area contributed by atoms with E-state index in [0.29, 0.717) is 31.6 Å². The highest BCUT2D eigenvalue weighted by Crippen LogP contribution is 2.26. The van der Waals surface area contributed by atoms with Gasteiger partial charge in [0.15, 0.2) is 6.61 Å². The minimum absolute atomic E-state index is 0.0285.